The molecule has 3 atom stereocenters. The van der Waals surface area contributed by atoms with Crippen molar-refractivity contribution in [3.05, 3.63) is 34.6 Å². The van der Waals surface area contributed by atoms with E-state index in [9.17, 15) is 12.8 Å². The molecular formula is C15H21ClFNO2S. The zero-order chi connectivity index (χ0) is 15.6. The third-order valence-electron chi connectivity index (χ3n) is 4.37. The van der Waals surface area contributed by atoms with Crippen molar-refractivity contribution >= 4 is 21.4 Å². The van der Waals surface area contributed by atoms with Gasteiger partial charge in [0, 0.05) is 22.9 Å². The Kier molecular flexibility index (Phi) is 5.28. The van der Waals surface area contributed by atoms with Crippen molar-refractivity contribution in [2.24, 2.45) is 5.92 Å². The van der Waals surface area contributed by atoms with Crippen LogP contribution >= 0.6 is 11.6 Å². The summed E-state index contributed by atoms with van der Waals surface area (Å²) in [5, 5.41) is 3.17. The maximum Gasteiger partial charge on any atom is 0.150 e. The molecule has 1 saturated carbocycles. The normalized spacial score (nSPS) is 24.8. The number of benzene rings is 1. The molecule has 21 heavy (non-hydrogen) atoms. The Morgan fingerprint density at radius 2 is 2.10 bits per heavy atom. The van der Waals surface area contributed by atoms with Gasteiger partial charge >= 0.3 is 0 Å². The fourth-order valence-corrected chi connectivity index (χ4v) is 4.77. The van der Waals surface area contributed by atoms with Crippen molar-refractivity contribution in [3.8, 4) is 0 Å². The second-order valence-electron chi connectivity index (χ2n) is 5.78. The molecule has 1 N–H and O–H groups in total. The van der Waals surface area contributed by atoms with Crippen LogP contribution in [0.3, 0.4) is 0 Å². The molecule has 1 aromatic rings. The fourth-order valence-electron chi connectivity index (χ4n) is 3.30. The molecule has 0 aromatic heterocycles. The number of hydrogen-bond acceptors (Lipinski definition) is 3. The fraction of sp³-hybridized carbons (Fsp3) is 0.600. The summed E-state index contributed by atoms with van der Waals surface area (Å²) in [5.41, 5.74) is 0.445. The van der Waals surface area contributed by atoms with E-state index < -0.39 is 9.84 Å². The Morgan fingerprint density at radius 3 is 2.67 bits per heavy atom. The highest BCUT2D eigenvalue weighted by Crippen LogP contribution is 2.39. The van der Waals surface area contributed by atoms with E-state index in [1.165, 1.54) is 12.3 Å². The SMILES string of the molecule is CNC(c1c(F)cccc1Cl)C1CCCC(S(C)(=O)=O)C1. The summed E-state index contributed by atoms with van der Waals surface area (Å²) in [5.74, 6) is -0.277. The zero-order valence-electron chi connectivity index (χ0n) is 12.3. The average Bonchev–Trinajstić information content (AvgIpc) is 2.42. The van der Waals surface area contributed by atoms with Crippen LogP contribution in [0.1, 0.15) is 37.3 Å². The number of rotatable bonds is 4. The molecule has 0 spiro atoms. The van der Waals surface area contributed by atoms with Crippen molar-refractivity contribution in [3.63, 3.8) is 0 Å². The van der Waals surface area contributed by atoms with Gasteiger partial charge < -0.3 is 5.32 Å². The van der Waals surface area contributed by atoms with E-state index >= 15 is 0 Å². The number of nitrogens with one attached hydrogen (secondary N) is 1. The van der Waals surface area contributed by atoms with Crippen molar-refractivity contribution in [1.29, 1.82) is 0 Å². The molecule has 2 rings (SSSR count). The predicted molar refractivity (Wildman–Crippen MR) is 83.8 cm³/mol. The van der Waals surface area contributed by atoms with Gasteiger partial charge in [-0.1, -0.05) is 24.1 Å². The van der Waals surface area contributed by atoms with E-state index in [2.05, 4.69) is 5.32 Å². The molecule has 0 bridgehead atoms. The minimum atomic E-state index is -3.06. The molecule has 0 radical (unpaired) electrons. The zero-order valence-corrected chi connectivity index (χ0v) is 13.8. The average molecular weight is 334 g/mol. The molecule has 0 heterocycles. The highest BCUT2D eigenvalue weighted by Gasteiger charge is 2.34. The van der Waals surface area contributed by atoms with Crippen LogP contribution in [0.2, 0.25) is 5.02 Å². The molecule has 0 saturated heterocycles. The summed E-state index contributed by atoms with van der Waals surface area (Å²) < 4.78 is 37.7. The summed E-state index contributed by atoms with van der Waals surface area (Å²) in [4.78, 5) is 0. The van der Waals surface area contributed by atoms with Crippen LogP contribution in [0.25, 0.3) is 0 Å². The van der Waals surface area contributed by atoms with Crippen molar-refractivity contribution in [2.75, 3.05) is 13.3 Å². The van der Waals surface area contributed by atoms with Crippen LogP contribution < -0.4 is 5.32 Å². The second-order valence-corrected chi connectivity index (χ2v) is 8.51. The van der Waals surface area contributed by atoms with E-state index in [0.717, 1.165) is 12.8 Å². The van der Waals surface area contributed by atoms with Crippen LogP contribution in [-0.2, 0) is 9.84 Å². The molecular weight excluding hydrogens is 313 g/mol. The summed E-state index contributed by atoms with van der Waals surface area (Å²) in [6.07, 6.45) is 4.24. The number of sulfone groups is 1. The van der Waals surface area contributed by atoms with E-state index in [0.29, 0.717) is 23.4 Å². The van der Waals surface area contributed by atoms with Gasteiger partial charge in [-0.25, -0.2) is 12.8 Å². The Balaban J connectivity index is 2.29. The van der Waals surface area contributed by atoms with Gasteiger partial charge in [-0.05, 0) is 44.4 Å². The Bertz CT molecular complexity index is 585. The molecule has 1 aromatic carbocycles. The lowest BCUT2D eigenvalue weighted by atomic mass is 9.80. The molecule has 1 fully saturated rings. The maximum absolute atomic E-state index is 14.1. The van der Waals surface area contributed by atoms with E-state index in [-0.39, 0.29) is 23.0 Å². The largest absolute Gasteiger partial charge is 0.313 e. The first-order chi connectivity index (χ1) is 9.84. The van der Waals surface area contributed by atoms with Gasteiger partial charge in [0.1, 0.15) is 15.7 Å². The van der Waals surface area contributed by atoms with Crippen LogP contribution in [-0.4, -0.2) is 27.0 Å². The smallest absolute Gasteiger partial charge is 0.150 e. The minimum Gasteiger partial charge on any atom is -0.313 e. The van der Waals surface area contributed by atoms with Gasteiger partial charge in [-0.3, -0.25) is 0 Å². The number of hydrogen-bond donors (Lipinski definition) is 1. The summed E-state index contributed by atoms with van der Waals surface area (Å²) in [6.45, 7) is 0. The van der Waals surface area contributed by atoms with Crippen molar-refractivity contribution in [2.45, 2.75) is 37.0 Å². The lowest BCUT2D eigenvalue weighted by molar-refractivity contribution is 0.278. The first-order valence-corrected chi connectivity index (χ1v) is 9.48. The molecule has 1 aliphatic carbocycles. The minimum absolute atomic E-state index is 0.0675. The van der Waals surface area contributed by atoms with Gasteiger partial charge in [0.2, 0.25) is 0 Å². The second kappa shape index (κ2) is 6.63. The summed E-state index contributed by atoms with van der Waals surface area (Å²) in [7, 11) is -1.30. The van der Waals surface area contributed by atoms with Gasteiger partial charge in [-0.15, -0.1) is 0 Å². The first-order valence-electron chi connectivity index (χ1n) is 7.14. The monoisotopic (exact) mass is 333 g/mol. The summed E-state index contributed by atoms with van der Waals surface area (Å²) in [6, 6.07) is 4.38. The van der Waals surface area contributed by atoms with Crippen LogP contribution in [0, 0.1) is 11.7 Å². The van der Waals surface area contributed by atoms with Gasteiger partial charge in [0.05, 0.1) is 5.25 Å². The quantitative estimate of drug-likeness (QED) is 0.919. The Labute approximate surface area is 130 Å². The molecule has 118 valence electrons. The summed E-state index contributed by atoms with van der Waals surface area (Å²) >= 11 is 6.15. The number of halogens is 2. The lowest BCUT2D eigenvalue weighted by Crippen LogP contribution is -2.34. The van der Waals surface area contributed by atoms with Crippen molar-refractivity contribution < 1.29 is 12.8 Å². The Morgan fingerprint density at radius 1 is 1.38 bits per heavy atom. The first kappa shape index (κ1) is 16.7. The van der Waals surface area contributed by atoms with Crippen LogP contribution in [0.5, 0.6) is 0 Å². The van der Waals surface area contributed by atoms with Gasteiger partial charge in [0.25, 0.3) is 0 Å². The molecule has 1 aliphatic rings. The third-order valence-corrected chi connectivity index (χ3v) is 6.33. The third kappa shape index (κ3) is 3.76. The van der Waals surface area contributed by atoms with Crippen LogP contribution in [0.15, 0.2) is 18.2 Å². The molecule has 6 heteroatoms. The van der Waals surface area contributed by atoms with E-state index in [4.69, 9.17) is 11.6 Å². The molecule has 0 amide bonds. The predicted octanol–water partition coefficient (Wildman–Crippen LogP) is 3.34. The molecule has 3 unspecified atom stereocenters. The maximum atomic E-state index is 14.1. The Hall–Kier alpha value is -0.650. The van der Waals surface area contributed by atoms with E-state index in [1.54, 1.807) is 19.2 Å². The highest BCUT2D eigenvalue weighted by atomic mass is 35.5. The van der Waals surface area contributed by atoms with E-state index in [1.807, 2.05) is 0 Å². The molecule has 3 nitrogen and oxygen atoms in total. The van der Waals surface area contributed by atoms with Crippen molar-refractivity contribution in [1.82, 2.24) is 5.32 Å². The highest BCUT2D eigenvalue weighted by molar-refractivity contribution is 7.91. The van der Waals surface area contributed by atoms with Gasteiger partial charge in [0.15, 0.2) is 0 Å². The standard InChI is InChI=1S/C15H21ClFNO2S/c1-18-15(14-12(16)7-4-8-13(14)17)10-5-3-6-11(9-10)21(2,19)20/h4,7-8,10-11,15,18H,3,5-6,9H2,1-2H3. The molecule has 0 aliphatic heterocycles. The lowest BCUT2D eigenvalue weighted by Gasteiger charge is -2.34. The van der Waals surface area contributed by atoms with Gasteiger partial charge in [-0.2, -0.15) is 0 Å². The van der Waals surface area contributed by atoms with Crippen LogP contribution in [0.4, 0.5) is 4.39 Å². The topological polar surface area (TPSA) is 46.2 Å².